The number of carboxylic acid groups (broad SMARTS) is 1. The maximum atomic E-state index is 11.2. The van der Waals surface area contributed by atoms with Crippen LogP contribution < -0.4 is 0 Å². The number of hydrogen-bond donors (Lipinski definition) is 2. The van der Waals surface area contributed by atoms with Gasteiger partial charge in [-0.2, -0.15) is 0 Å². The highest BCUT2D eigenvalue weighted by molar-refractivity contribution is 5.88. The minimum atomic E-state index is -1.64. The summed E-state index contributed by atoms with van der Waals surface area (Å²) < 4.78 is 5.76. The lowest BCUT2D eigenvalue weighted by Gasteiger charge is -2.08. The van der Waals surface area contributed by atoms with Crippen molar-refractivity contribution in [3.8, 4) is 0 Å². The topological polar surface area (TPSA) is 88.8 Å². The van der Waals surface area contributed by atoms with Crippen LogP contribution in [0.2, 0.25) is 0 Å². The molecular weight excluding hydrogens is 202 g/mol. The first kappa shape index (κ1) is 11.3. The average Bonchev–Trinajstić information content (AvgIpc) is 2.57. The van der Waals surface area contributed by atoms with E-state index in [1.807, 2.05) is 0 Å². The van der Waals surface area contributed by atoms with Gasteiger partial charge in [-0.1, -0.05) is 0 Å². The monoisotopic (exact) mass is 213 g/mol. The number of aliphatic hydroxyl groups excluding tert-OH is 1. The molecule has 15 heavy (non-hydrogen) atoms. The van der Waals surface area contributed by atoms with E-state index in [1.54, 1.807) is 0 Å². The summed E-state index contributed by atoms with van der Waals surface area (Å²) >= 11 is 0. The fourth-order valence-electron chi connectivity index (χ4n) is 1.24. The third-order valence-electron chi connectivity index (χ3n) is 2.07. The van der Waals surface area contributed by atoms with Gasteiger partial charge in [0.15, 0.2) is 6.10 Å². The third-order valence-corrected chi connectivity index (χ3v) is 2.07. The second-order valence-corrected chi connectivity index (χ2v) is 2.93. The van der Waals surface area contributed by atoms with Crippen molar-refractivity contribution in [3.63, 3.8) is 0 Å². The largest absolute Gasteiger partial charge is 0.479 e. The zero-order chi connectivity index (χ0) is 11.6. The Morgan fingerprint density at radius 3 is 2.53 bits per heavy atom. The second-order valence-electron chi connectivity index (χ2n) is 2.93. The predicted molar refractivity (Wildman–Crippen MR) is 49.3 cm³/mol. The van der Waals surface area contributed by atoms with Gasteiger partial charge in [-0.25, -0.2) is 9.59 Å². The minimum Gasteiger partial charge on any atom is -0.479 e. The minimum absolute atomic E-state index is 0.128. The zero-order valence-electron chi connectivity index (χ0n) is 8.30. The fraction of sp³-hybridized carbons (Fsp3) is 0.333. The Labute approximate surface area is 85.7 Å². The highest BCUT2D eigenvalue weighted by Gasteiger charge is 2.22. The number of aromatic nitrogens is 1. The first-order valence-corrected chi connectivity index (χ1v) is 4.13. The standard InChI is InChI=1S/C9H11NO5/c1-10-5(7(11)8(12)13)3-4-6(10)9(14)15-2/h3-4,7,11H,1-2H3,(H,12,13). The maximum Gasteiger partial charge on any atom is 0.354 e. The molecule has 6 nitrogen and oxygen atoms in total. The van der Waals surface area contributed by atoms with Crippen LogP contribution in [0, 0.1) is 0 Å². The van der Waals surface area contributed by atoms with E-state index in [1.165, 1.54) is 30.9 Å². The summed E-state index contributed by atoms with van der Waals surface area (Å²) in [5.41, 5.74) is 0.315. The lowest BCUT2D eigenvalue weighted by Crippen LogP contribution is -2.16. The number of carboxylic acids is 1. The van der Waals surface area contributed by atoms with Crippen LogP contribution in [-0.4, -0.2) is 33.8 Å². The van der Waals surface area contributed by atoms with E-state index in [0.717, 1.165) is 0 Å². The van der Waals surface area contributed by atoms with Gasteiger partial charge >= 0.3 is 11.9 Å². The molecule has 0 aliphatic rings. The van der Waals surface area contributed by atoms with Crippen LogP contribution in [0.1, 0.15) is 22.3 Å². The van der Waals surface area contributed by atoms with Gasteiger partial charge in [-0.3, -0.25) is 0 Å². The number of methoxy groups -OCH3 is 1. The van der Waals surface area contributed by atoms with E-state index < -0.39 is 18.0 Å². The van der Waals surface area contributed by atoms with E-state index in [9.17, 15) is 14.7 Å². The molecule has 1 rings (SSSR count). The Morgan fingerprint density at radius 1 is 1.47 bits per heavy atom. The van der Waals surface area contributed by atoms with Crippen molar-refractivity contribution in [3.05, 3.63) is 23.5 Å². The molecule has 1 unspecified atom stereocenters. The number of rotatable bonds is 3. The molecule has 0 amide bonds. The lowest BCUT2D eigenvalue weighted by molar-refractivity contribution is -0.147. The van der Waals surface area contributed by atoms with E-state index in [4.69, 9.17) is 5.11 Å². The van der Waals surface area contributed by atoms with Crippen LogP contribution in [0.4, 0.5) is 0 Å². The molecule has 0 radical (unpaired) electrons. The Kier molecular flexibility index (Phi) is 3.11. The van der Waals surface area contributed by atoms with Gasteiger partial charge in [0.1, 0.15) is 5.69 Å². The molecule has 1 aromatic rings. The molecule has 0 aliphatic heterocycles. The summed E-state index contributed by atoms with van der Waals surface area (Å²) in [6, 6.07) is 2.76. The van der Waals surface area contributed by atoms with E-state index in [0.29, 0.717) is 0 Å². The van der Waals surface area contributed by atoms with Crippen molar-refractivity contribution in [1.29, 1.82) is 0 Å². The molecule has 82 valence electrons. The highest BCUT2D eigenvalue weighted by atomic mass is 16.5. The first-order valence-electron chi connectivity index (χ1n) is 4.13. The molecule has 0 bridgehead atoms. The Hall–Kier alpha value is -1.82. The van der Waals surface area contributed by atoms with Crippen molar-refractivity contribution in [2.24, 2.45) is 7.05 Å². The molecule has 1 heterocycles. The van der Waals surface area contributed by atoms with Gasteiger partial charge < -0.3 is 19.5 Å². The predicted octanol–water partition coefficient (Wildman–Crippen LogP) is -0.0703. The smallest absolute Gasteiger partial charge is 0.354 e. The molecule has 0 aromatic carbocycles. The van der Waals surface area contributed by atoms with Crippen molar-refractivity contribution in [2.75, 3.05) is 7.11 Å². The van der Waals surface area contributed by atoms with Crippen LogP contribution in [-0.2, 0) is 16.6 Å². The lowest BCUT2D eigenvalue weighted by atomic mass is 10.2. The summed E-state index contributed by atoms with van der Waals surface area (Å²) in [4.78, 5) is 21.7. The Balaban J connectivity index is 3.09. The molecular formula is C9H11NO5. The van der Waals surface area contributed by atoms with Crippen LogP contribution in [0.3, 0.4) is 0 Å². The van der Waals surface area contributed by atoms with Gasteiger partial charge in [0.05, 0.1) is 12.8 Å². The number of nitrogens with zero attached hydrogens (tertiary/aromatic N) is 1. The van der Waals surface area contributed by atoms with Crippen molar-refractivity contribution < 1.29 is 24.5 Å². The number of ether oxygens (including phenoxy) is 1. The highest BCUT2D eigenvalue weighted by Crippen LogP contribution is 2.16. The van der Waals surface area contributed by atoms with Gasteiger partial charge in [0.25, 0.3) is 0 Å². The van der Waals surface area contributed by atoms with Gasteiger partial charge in [-0.15, -0.1) is 0 Å². The quantitative estimate of drug-likeness (QED) is 0.686. The van der Waals surface area contributed by atoms with Gasteiger partial charge in [0.2, 0.25) is 0 Å². The molecule has 6 heteroatoms. The zero-order valence-corrected chi connectivity index (χ0v) is 8.30. The molecule has 0 aliphatic carbocycles. The van der Waals surface area contributed by atoms with Crippen molar-refractivity contribution in [2.45, 2.75) is 6.10 Å². The normalized spacial score (nSPS) is 12.2. The third kappa shape index (κ3) is 1.99. The fourth-order valence-corrected chi connectivity index (χ4v) is 1.24. The Bertz CT molecular complexity index is 395. The van der Waals surface area contributed by atoms with E-state index >= 15 is 0 Å². The molecule has 1 atom stereocenters. The number of hydrogen-bond acceptors (Lipinski definition) is 4. The van der Waals surface area contributed by atoms with Crippen molar-refractivity contribution >= 4 is 11.9 Å². The summed E-state index contributed by atoms with van der Waals surface area (Å²) in [6.45, 7) is 0. The number of aliphatic carboxylic acids is 1. The average molecular weight is 213 g/mol. The first-order chi connectivity index (χ1) is 6.99. The molecule has 0 spiro atoms. The van der Waals surface area contributed by atoms with Crippen LogP contribution in [0.5, 0.6) is 0 Å². The molecule has 0 fully saturated rings. The van der Waals surface area contributed by atoms with E-state index in [2.05, 4.69) is 4.74 Å². The summed E-state index contributed by atoms with van der Waals surface area (Å²) in [7, 11) is 2.70. The SMILES string of the molecule is COC(=O)c1ccc(C(O)C(=O)O)n1C. The molecule has 0 saturated carbocycles. The van der Waals surface area contributed by atoms with Crippen LogP contribution >= 0.6 is 0 Å². The number of aliphatic hydroxyl groups is 1. The second kappa shape index (κ2) is 4.14. The molecule has 0 saturated heterocycles. The Morgan fingerprint density at radius 2 is 2.07 bits per heavy atom. The molecule has 1 aromatic heterocycles. The van der Waals surface area contributed by atoms with E-state index in [-0.39, 0.29) is 11.4 Å². The number of esters is 1. The van der Waals surface area contributed by atoms with Crippen LogP contribution in [0.25, 0.3) is 0 Å². The van der Waals surface area contributed by atoms with Gasteiger partial charge in [-0.05, 0) is 12.1 Å². The summed E-state index contributed by atoms with van der Waals surface area (Å²) in [5.74, 6) is -1.95. The maximum absolute atomic E-state index is 11.2. The number of carbonyl (C=O) groups excluding carboxylic acids is 1. The van der Waals surface area contributed by atoms with Crippen molar-refractivity contribution in [1.82, 2.24) is 4.57 Å². The number of carbonyl (C=O) groups is 2. The molecule has 2 N–H and O–H groups in total. The summed E-state index contributed by atoms with van der Waals surface area (Å²) in [5, 5.41) is 17.9. The van der Waals surface area contributed by atoms with Crippen LogP contribution in [0.15, 0.2) is 12.1 Å². The van der Waals surface area contributed by atoms with Gasteiger partial charge in [0, 0.05) is 7.05 Å². The summed E-state index contributed by atoms with van der Waals surface area (Å²) in [6.07, 6.45) is -1.64.